The van der Waals surface area contributed by atoms with Crippen molar-refractivity contribution in [1.82, 2.24) is 5.32 Å². The van der Waals surface area contributed by atoms with E-state index in [2.05, 4.69) is 16.0 Å². The van der Waals surface area contributed by atoms with Crippen LogP contribution < -0.4 is 26.4 Å². The van der Waals surface area contributed by atoms with Gasteiger partial charge in [-0.25, -0.2) is 4.79 Å². The lowest BCUT2D eigenvalue weighted by Gasteiger charge is -2.25. The molecule has 0 radical (unpaired) electrons. The molecular weight excluding hydrogens is 368 g/mol. The van der Waals surface area contributed by atoms with Crippen molar-refractivity contribution in [2.75, 3.05) is 23.8 Å². The Bertz CT molecular complexity index is 736. The smallest absolute Gasteiger partial charge is 0.320 e. The van der Waals surface area contributed by atoms with Crippen LogP contribution in [0.3, 0.4) is 0 Å². The number of carbonyl (C=O) groups excluding carboxylic acids is 2. The molecule has 2 rings (SSSR count). The number of urea groups is 1. The van der Waals surface area contributed by atoms with Crippen LogP contribution in [0.1, 0.15) is 13.8 Å². The van der Waals surface area contributed by atoms with Crippen molar-refractivity contribution >= 4 is 35.7 Å². The summed E-state index contributed by atoms with van der Waals surface area (Å²) in [5, 5.41) is 8.12. The summed E-state index contributed by atoms with van der Waals surface area (Å²) in [4.78, 5) is 24.6. The molecule has 0 aliphatic carbocycles. The minimum atomic E-state index is -1.10. The Morgan fingerprint density at radius 3 is 2.15 bits per heavy atom. The molecule has 5 N–H and O–H groups in total. The molecular formula is C19H25ClN4O3. The van der Waals surface area contributed by atoms with Gasteiger partial charge in [-0.1, -0.05) is 18.2 Å². The van der Waals surface area contributed by atoms with E-state index < -0.39 is 11.6 Å². The van der Waals surface area contributed by atoms with Gasteiger partial charge in [0.05, 0.1) is 0 Å². The maximum absolute atomic E-state index is 12.5. The number of nitrogens with one attached hydrogen (secondary N) is 3. The summed E-state index contributed by atoms with van der Waals surface area (Å²) in [6.45, 7) is 4.12. The first-order valence-electron chi connectivity index (χ1n) is 8.29. The predicted octanol–water partition coefficient (Wildman–Crippen LogP) is 2.98. The number of carbonyl (C=O) groups is 2. The number of para-hydroxylation sites is 1. The highest BCUT2D eigenvalue weighted by Crippen LogP contribution is 2.17. The molecule has 0 aliphatic heterocycles. The summed E-state index contributed by atoms with van der Waals surface area (Å²) in [5.74, 6) is 0.337. The van der Waals surface area contributed by atoms with Gasteiger partial charge < -0.3 is 26.4 Å². The van der Waals surface area contributed by atoms with Crippen LogP contribution in [-0.4, -0.2) is 30.6 Å². The number of nitrogens with two attached hydrogens (primary N) is 1. The van der Waals surface area contributed by atoms with Crippen molar-refractivity contribution in [3.05, 3.63) is 54.6 Å². The van der Waals surface area contributed by atoms with Crippen LogP contribution in [0.2, 0.25) is 0 Å². The first kappa shape index (κ1) is 22.3. The molecule has 0 saturated heterocycles. The van der Waals surface area contributed by atoms with E-state index in [1.165, 1.54) is 0 Å². The third kappa shape index (κ3) is 7.16. The standard InChI is InChI=1S/C19H24N4O3.ClH/c1-19(2,23-18(25)22-14-6-4-3-5-7-14)17(24)21-15-8-10-16(11-9-15)26-13-12-20;/h3-11H,12-13,20H2,1-2H3,(H,21,24)(H2,22,23,25);1H. The number of rotatable bonds is 7. The summed E-state index contributed by atoms with van der Waals surface area (Å²) in [6.07, 6.45) is 0. The van der Waals surface area contributed by atoms with E-state index >= 15 is 0 Å². The number of hydrogen-bond donors (Lipinski definition) is 4. The summed E-state index contributed by atoms with van der Waals surface area (Å²) >= 11 is 0. The van der Waals surface area contributed by atoms with Crippen molar-refractivity contribution in [1.29, 1.82) is 0 Å². The highest BCUT2D eigenvalue weighted by atomic mass is 35.5. The lowest BCUT2D eigenvalue weighted by Crippen LogP contribution is -2.53. The van der Waals surface area contributed by atoms with Crippen LogP contribution >= 0.6 is 12.4 Å². The molecule has 0 fully saturated rings. The van der Waals surface area contributed by atoms with E-state index in [1.54, 1.807) is 50.2 Å². The fourth-order valence-corrected chi connectivity index (χ4v) is 2.12. The van der Waals surface area contributed by atoms with Gasteiger partial charge in [0.1, 0.15) is 17.9 Å². The molecule has 0 bridgehead atoms. The molecule has 0 aliphatic rings. The van der Waals surface area contributed by atoms with Crippen molar-refractivity contribution in [3.8, 4) is 5.75 Å². The number of amides is 3. The third-order valence-corrected chi connectivity index (χ3v) is 3.52. The second-order valence-corrected chi connectivity index (χ2v) is 6.19. The van der Waals surface area contributed by atoms with E-state index in [0.717, 1.165) is 0 Å². The third-order valence-electron chi connectivity index (χ3n) is 3.52. The molecule has 0 unspecified atom stereocenters. The Morgan fingerprint density at radius 2 is 1.56 bits per heavy atom. The van der Waals surface area contributed by atoms with Crippen LogP contribution in [0.4, 0.5) is 16.2 Å². The van der Waals surface area contributed by atoms with E-state index in [4.69, 9.17) is 10.5 Å². The van der Waals surface area contributed by atoms with Crippen molar-refractivity contribution in [2.45, 2.75) is 19.4 Å². The van der Waals surface area contributed by atoms with Crippen LogP contribution in [0.25, 0.3) is 0 Å². The highest BCUT2D eigenvalue weighted by molar-refractivity contribution is 6.01. The monoisotopic (exact) mass is 392 g/mol. The van der Waals surface area contributed by atoms with Crippen molar-refractivity contribution in [2.24, 2.45) is 5.73 Å². The molecule has 3 amide bonds. The van der Waals surface area contributed by atoms with Gasteiger partial charge in [-0.15, -0.1) is 12.4 Å². The van der Waals surface area contributed by atoms with Crippen molar-refractivity contribution in [3.63, 3.8) is 0 Å². The molecule has 0 spiro atoms. The van der Waals surface area contributed by atoms with Crippen LogP contribution in [0.15, 0.2) is 54.6 Å². The first-order chi connectivity index (χ1) is 12.4. The minimum absolute atomic E-state index is 0. The Kier molecular flexibility index (Phi) is 8.58. The molecule has 27 heavy (non-hydrogen) atoms. The lowest BCUT2D eigenvalue weighted by atomic mass is 10.0. The summed E-state index contributed by atoms with van der Waals surface area (Å²) in [6, 6.07) is 15.5. The second-order valence-electron chi connectivity index (χ2n) is 6.19. The summed E-state index contributed by atoms with van der Waals surface area (Å²) in [7, 11) is 0. The Hall–Kier alpha value is -2.77. The average molecular weight is 393 g/mol. The zero-order valence-electron chi connectivity index (χ0n) is 15.3. The van der Waals surface area contributed by atoms with Gasteiger partial charge in [-0.3, -0.25) is 4.79 Å². The number of hydrogen-bond acceptors (Lipinski definition) is 4. The predicted molar refractivity (Wildman–Crippen MR) is 110 cm³/mol. The van der Waals surface area contributed by atoms with Gasteiger partial charge in [-0.05, 0) is 50.2 Å². The van der Waals surface area contributed by atoms with Gasteiger partial charge in [0, 0.05) is 17.9 Å². The second kappa shape index (κ2) is 10.4. The molecule has 0 atom stereocenters. The van der Waals surface area contributed by atoms with Gasteiger partial charge >= 0.3 is 6.03 Å². The molecule has 0 heterocycles. The molecule has 0 aromatic heterocycles. The average Bonchev–Trinajstić information content (AvgIpc) is 2.61. The van der Waals surface area contributed by atoms with Crippen molar-refractivity contribution < 1.29 is 14.3 Å². The fourth-order valence-electron chi connectivity index (χ4n) is 2.12. The molecule has 2 aromatic rings. The van der Waals surface area contributed by atoms with Gasteiger partial charge in [0.2, 0.25) is 5.91 Å². The van der Waals surface area contributed by atoms with E-state index in [0.29, 0.717) is 30.3 Å². The Morgan fingerprint density at radius 1 is 0.963 bits per heavy atom. The van der Waals surface area contributed by atoms with Gasteiger partial charge in [-0.2, -0.15) is 0 Å². The number of ether oxygens (including phenoxy) is 1. The molecule has 2 aromatic carbocycles. The zero-order valence-corrected chi connectivity index (χ0v) is 16.1. The number of benzene rings is 2. The van der Waals surface area contributed by atoms with Gasteiger partial charge in [0.15, 0.2) is 0 Å². The largest absolute Gasteiger partial charge is 0.492 e. The van der Waals surface area contributed by atoms with Crippen LogP contribution in [0, 0.1) is 0 Å². The maximum Gasteiger partial charge on any atom is 0.320 e. The SMILES string of the molecule is CC(C)(NC(=O)Nc1ccccc1)C(=O)Nc1ccc(OCCN)cc1.Cl. The van der Waals surface area contributed by atoms with Crippen LogP contribution in [0.5, 0.6) is 5.75 Å². The Labute approximate surface area is 165 Å². The zero-order chi connectivity index (χ0) is 19.0. The van der Waals surface area contributed by atoms with E-state index in [9.17, 15) is 9.59 Å². The summed E-state index contributed by atoms with van der Waals surface area (Å²) in [5.41, 5.74) is 5.54. The number of anilines is 2. The van der Waals surface area contributed by atoms with E-state index in [-0.39, 0.29) is 18.3 Å². The topological polar surface area (TPSA) is 105 Å². The Balaban J connectivity index is 0.00000364. The molecule has 146 valence electrons. The molecule has 7 nitrogen and oxygen atoms in total. The quantitative estimate of drug-likeness (QED) is 0.581. The lowest BCUT2D eigenvalue weighted by molar-refractivity contribution is -0.120. The van der Waals surface area contributed by atoms with E-state index in [1.807, 2.05) is 18.2 Å². The highest BCUT2D eigenvalue weighted by Gasteiger charge is 2.29. The maximum atomic E-state index is 12.5. The molecule has 0 saturated carbocycles. The van der Waals surface area contributed by atoms with Gasteiger partial charge in [0.25, 0.3) is 0 Å². The first-order valence-corrected chi connectivity index (χ1v) is 8.29. The number of halogens is 1. The summed E-state index contributed by atoms with van der Waals surface area (Å²) < 4.78 is 5.39. The molecule has 8 heteroatoms. The van der Waals surface area contributed by atoms with Crippen LogP contribution in [-0.2, 0) is 4.79 Å². The minimum Gasteiger partial charge on any atom is -0.492 e. The fraction of sp³-hybridized carbons (Fsp3) is 0.263. The normalized spacial score (nSPS) is 10.3.